The third-order valence-corrected chi connectivity index (χ3v) is 3.44. The average Bonchev–Trinajstić information content (AvgIpc) is 2.82. The number of hydrogen-bond acceptors (Lipinski definition) is 3. The number of hydrogen-bond donors (Lipinski definition) is 2. The van der Waals surface area contributed by atoms with Crippen molar-refractivity contribution < 1.29 is 9.90 Å². The van der Waals surface area contributed by atoms with Crippen molar-refractivity contribution in [2.24, 2.45) is 11.8 Å². The van der Waals surface area contributed by atoms with Gasteiger partial charge in [0.05, 0.1) is 5.92 Å². The second-order valence-electron chi connectivity index (χ2n) is 5.07. The summed E-state index contributed by atoms with van der Waals surface area (Å²) in [5, 5.41) is 16.4. The first kappa shape index (κ1) is 12.0. The summed E-state index contributed by atoms with van der Waals surface area (Å²) < 4.78 is 0. The highest BCUT2D eigenvalue weighted by Crippen LogP contribution is 2.33. The van der Waals surface area contributed by atoms with E-state index in [1.54, 1.807) is 0 Å². The van der Waals surface area contributed by atoms with Gasteiger partial charge in [-0.05, 0) is 19.3 Å². The van der Waals surface area contributed by atoms with E-state index in [-0.39, 0.29) is 12.0 Å². The molecule has 0 radical (unpaired) electrons. The molecule has 0 aromatic carbocycles. The number of aromatic nitrogens is 2. The average molecular weight is 237 g/mol. The predicted molar refractivity (Wildman–Crippen MR) is 65.0 cm³/mol. The molecule has 5 heteroatoms. The third-order valence-electron chi connectivity index (χ3n) is 3.44. The monoisotopic (exact) mass is 237 g/mol. The van der Waals surface area contributed by atoms with E-state index in [1.807, 2.05) is 13.0 Å². The van der Waals surface area contributed by atoms with Crippen LogP contribution in [-0.4, -0.2) is 33.9 Å². The summed E-state index contributed by atoms with van der Waals surface area (Å²) in [6, 6.07) is 2.01. The number of carboxylic acids is 1. The Morgan fingerprint density at radius 2 is 2.35 bits per heavy atom. The van der Waals surface area contributed by atoms with E-state index in [2.05, 4.69) is 28.9 Å². The molecule has 1 aromatic heterocycles. The van der Waals surface area contributed by atoms with Crippen molar-refractivity contribution in [2.45, 2.75) is 33.2 Å². The van der Waals surface area contributed by atoms with Crippen LogP contribution in [0, 0.1) is 18.8 Å². The van der Waals surface area contributed by atoms with Crippen molar-refractivity contribution in [3.63, 3.8) is 0 Å². The van der Waals surface area contributed by atoms with E-state index in [0.29, 0.717) is 12.3 Å². The van der Waals surface area contributed by atoms with Crippen molar-refractivity contribution in [3.8, 4) is 0 Å². The summed E-state index contributed by atoms with van der Waals surface area (Å²) >= 11 is 0. The molecule has 0 unspecified atom stereocenters. The van der Waals surface area contributed by atoms with Crippen molar-refractivity contribution in [3.05, 3.63) is 11.8 Å². The van der Waals surface area contributed by atoms with Crippen LogP contribution in [-0.2, 0) is 4.79 Å². The minimum atomic E-state index is -0.696. The van der Waals surface area contributed by atoms with Crippen LogP contribution in [0.4, 0.5) is 5.82 Å². The molecule has 1 saturated heterocycles. The molecule has 0 saturated carbocycles. The lowest BCUT2D eigenvalue weighted by Gasteiger charge is -2.29. The number of carbonyl (C=O) groups is 1. The fourth-order valence-corrected chi connectivity index (χ4v) is 2.73. The van der Waals surface area contributed by atoms with Crippen molar-refractivity contribution in [1.29, 1.82) is 0 Å². The summed E-state index contributed by atoms with van der Waals surface area (Å²) in [7, 11) is 0. The molecule has 2 N–H and O–H groups in total. The molecule has 94 valence electrons. The Kier molecular flexibility index (Phi) is 3.09. The highest BCUT2D eigenvalue weighted by atomic mass is 16.4. The molecule has 0 aliphatic carbocycles. The number of anilines is 1. The Morgan fingerprint density at radius 1 is 1.65 bits per heavy atom. The SMILES string of the molecule is Cc1cc(N2CC[C@H](C(=O)O)[C@H]2C(C)C)n[nH]1. The van der Waals surface area contributed by atoms with Crippen molar-refractivity contribution in [1.82, 2.24) is 10.2 Å². The lowest BCUT2D eigenvalue weighted by molar-refractivity contribution is -0.142. The van der Waals surface area contributed by atoms with Gasteiger partial charge in [0.25, 0.3) is 0 Å². The molecule has 2 rings (SSSR count). The van der Waals surface area contributed by atoms with Gasteiger partial charge in [0.2, 0.25) is 0 Å². The molecular formula is C12H19N3O2. The molecule has 2 heterocycles. The Morgan fingerprint density at radius 3 is 2.82 bits per heavy atom. The minimum Gasteiger partial charge on any atom is -0.481 e. The lowest BCUT2D eigenvalue weighted by atomic mass is 9.91. The summed E-state index contributed by atoms with van der Waals surface area (Å²) in [6.45, 7) is 6.85. The van der Waals surface area contributed by atoms with Crippen LogP contribution < -0.4 is 4.90 Å². The predicted octanol–water partition coefficient (Wildman–Crippen LogP) is 1.65. The Labute approximate surface area is 101 Å². The number of aryl methyl sites for hydroxylation is 1. The molecule has 1 aliphatic rings. The van der Waals surface area contributed by atoms with Gasteiger partial charge in [-0.1, -0.05) is 13.8 Å². The number of aliphatic carboxylic acids is 1. The Bertz CT molecular complexity index is 414. The largest absolute Gasteiger partial charge is 0.481 e. The lowest BCUT2D eigenvalue weighted by Crippen LogP contribution is -2.39. The molecule has 0 bridgehead atoms. The number of aromatic amines is 1. The minimum absolute atomic E-state index is 0.0372. The van der Waals surface area contributed by atoms with Gasteiger partial charge < -0.3 is 10.0 Å². The molecule has 1 aromatic rings. The van der Waals surface area contributed by atoms with Crippen LogP contribution >= 0.6 is 0 Å². The zero-order valence-corrected chi connectivity index (χ0v) is 10.5. The van der Waals surface area contributed by atoms with Crippen LogP contribution in [0.3, 0.4) is 0 Å². The van der Waals surface area contributed by atoms with E-state index in [0.717, 1.165) is 18.1 Å². The van der Waals surface area contributed by atoms with Gasteiger partial charge in [-0.2, -0.15) is 5.10 Å². The summed E-state index contributed by atoms with van der Waals surface area (Å²) in [4.78, 5) is 13.4. The normalized spacial score (nSPS) is 24.6. The second-order valence-corrected chi connectivity index (χ2v) is 5.07. The van der Waals surface area contributed by atoms with Crippen molar-refractivity contribution in [2.75, 3.05) is 11.4 Å². The van der Waals surface area contributed by atoms with Gasteiger partial charge in [-0.15, -0.1) is 0 Å². The molecule has 0 spiro atoms. The van der Waals surface area contributed by atoms with Crippen LogP contribution in [0.5, 0.6) is 0 Å². The quantitative estimate of drug-likeness (QED) is 0.838. The zero-order chi connectivity index (χ0) is 12.6. The smallest absolute Gasteiger partial charge is 0.308 e. The Hall–Kier alpha value is -1.52. The number of nitrogens with one attached hydrogen (secondary N) is 1. The third kappa shape index (κ3) is 2.14. The first-order valence-corrected chi connectivity index (χ1v) is 6.02. The van der Waals surface area contributed by atoms with Gasteiger partial charge in [0.15, 0.2) is 5.82 Å². The molecule has 2 atom stereocenters. The van der Waals surface area contributed by atoms with Crippen LogP contribution in [0.15, 0.2) is 6.07 Å². The number of rotatable bonds is 3. The van der Waals surface area contributed by atoms with Crippen LogP contribution in [0.1, 0.15) is 26.0 Å². The fourth-order valence-electron chi connectivity index (χ4n) is 2.73. The highest BCUT2D eigenvalue weighted by molar-refractivity contribution is 5.73. The van der Waals surface area contributed by atoms with Gasteiger partial charge in [0, 0.05) is 24.3 Å². The van der Waals surface area contributed by atoms with Crippen molar-refractivity contribution >= 4 is 11.8 Å². The molecule has 1 aliphatic heterocycles. The summed E-state index contributed by atoms with van der Waals surface area (Å²) in [5.74, 6) is 0.186. The summed E-state index contributed by atoms with van der Waals surface area (Å²) in [5.41, 5.74) is 1.00. The van der Waals surface area contributed by atoms with Gasteiger partial charge in [0.1, 0.15) is 0 Å². The van der Waals surface area contributed by atoms with Crippen LogP contribution in [0.25, 0.3) is 0 Å². The van der Waals surface area contributed by atoms with Gasteiger partial charge >= 0.3 is 5.97 Å². The number of nitrogens with zero attached hydrogens (tertiary/aromatic N) is 2. The standard InChI is InChI=1S/C12H19N3O2/c1-7(2)11-9(12(16)17)4-5-15(11)10-6-8(3)13-14-10/h6-7,9,11H,4-5H2,1-3H3,(H,13,14)(H,16,17)/t9-,11+/m0/s1. The molecule has 1 fully saturated rings. The first-order valence-electron chi connectivity index (χ1n) is 6.02. The fraction of sp³-hybridized carbons (Fsp3) is 0.667. The summed E-state index contributed by atoms with van der Waals surface area (Å²) in [6.07, 6.45) is 0.698. The maximum absolute atomic E-state index is 11.2. The first-order chi connectivity index (χ1) is 8.00. The molecule has 5 nitrogen and oxygen atoms in total. The van der Waals surface area contributed by atoms with E-state index >= 15 is 0 Å². The number of carboxylic acid groups (broad SMARTS) is 1. The zero-order valence-electron chi connectivity index (χ0n) is 10.5. The molecular weight excluding hydrogens is 218 g/mol. The molecule has 0 amide bonds. The topological polar surface area (TPSA) is 69.2 Å². The van der Waals surface area contributed by atoms with E-state index < -0.39 is 5.97 Å². The van der Waals surface area contributed by atoms with Gasteiger partial charge in [-0.25, -0.2) is 0 Å². The maximum atomic E-state index is 11.2. The Balaban J connectivity index is 2.26. The highest BCUT2D eigenvalue weighted by Gasteiger charge is 2.41. The maximum Gasteiger partial charge on any atom is 0.308 e. The van der Waals surface area contributed by atoms with E-state index in [9.17, 15) is 9.90 Å². The number of H-pyrrole nitrogens is 1. The van der Waals surface area contributed by atoms with Crippen LogP contribution in [0.2, 0.25) is 0 Å². The van der Waals surface area contributed by atoms with E-state index in [1.165, 1.54) is 0 Å². The second kappa shape index (κ2) is 4.39. The van der Waals surface area contributed by atoms with E-state index in [4.69, 9.17) is 0 Å². The molecule has 17 heavy (non-hydrogen) atoms. The van der Waals surface area contributed by atoms with Gasteiger partial charge in [-0.3, -0.25) is 9.89 Å².